The van der Waals surface area contributed by atoms with Crippen molar-refractivity contribution in [3.8, 4) is 0 Å². The van der Waals surface area contributed by atoms with Crippen molar-refractivity contribution in [2.24, 2.45) is 35.5 Å². The largest absolute Gasteiger partial charge is 0.442 e. The minimum absolute atomic E-state index is 0.121. The maximum Gasteiger partial charge on any atom is 0.283 e. The second-order valence-electron chi connectivity index (χ2n) is 10.6. The Hall–Kier alpha value is -0.115. The maximum atomic E-state index is 14.6. The van der Waals surface area contributed by atoms with Crippen LogP contribution >= 0.6 is 0 Å². The molecule has 4 rings (SSSR count). The van der Waals surface area contributed by atoms with E-state index in [0.29, 0.717) is 12.3 Å². The lowest BCUT2D eigenvalue weighted by Crippen LogP contribution is -2.45. The van der Waals surface area contributed by atoms with Crippen LogP contribution in [0.2, 0.25) is 0 Å². The van der Waals surface area contributed by atoms with Crippen molar-refractivity contribution in [3.05, 3.63) is 0 Å². The maximum absolute atomic E-state index is 14.6. The molecule has 4 fully saturated rings. The van der Waals surface area contributed by atoms with Crippen LogP contribution in [0.25, 0.3) is 0 Å². The van der Waals surface area contributed by atoms with Crippen LogP contribution in [-0.4, -0.2) is 26.5 Å². The van der Waals surface area contributed by atoms with Gasteiger partial charge >= 0.3 is 0 Å². The van der Waals surface area contributed by atoms with Gasteiger partial charge in [-0.05, 0) is 93.3 Å². The van der Waals surface area contributed by atoms with E-state index in [-0.39, 0.29) is 5.92 Å². The van der Waals surface area contributed by atoms with Crippen molar-refractivity contribution in [1.82, 2.24) is 0 Å². The first-order valence-electron chi connectivity index (χ1n) is 12.3. The molecule has 0 aliphatic heterocycles. The van der Waals surface area contributed by atoms with Crippen molar-refractivity contribution in [2.45, 2.75) is 115 Å². The fraction of sp³-hybridized carbons (Fsp3) is 1.00. The number of halogens is 2. The van der Waals surface area contributed by atoms with Gasteiger partial charge in [0.1, 0.15) is 6.17 Å². The summed E-state index contributed by atoms with van der Waals surface area (Å²) in [5.74, 6) is 4.00. The zero-order valence-corrected chi connectivity index (χ0v) is 17.5. The van der Waals surface area contributed by atoms with Crippen molar-refractivity contribution in [1.29, 1.82) is 0 Å². The average molecular weight is 392 g/mol. The van der Waals surface area contributed by atoms with E-state index in [0.717, 1.165) is 42.9 Å². The Bertz CT molecular complexity index is 467. The van der Waals surface area contributed by atoms with Crippen LogP contribution in [0.3, 0.4) is 0 Å². The smallest absolute Gasteiger partial charge is 0.283 e. The third kappa shape index (κ3) is 4.78. The van der Waals surface area contributed by atoms with Crippen molar-refractivity contribution in [2.75, 3.05) is 0 Å². The van der Waals surface area contributed by atoms with Crippen LogP contribution in [-0.2, 0) is 4.65 Å². The normalized spacial score (nSPS) is 45.9. The van der Waals surface area contributed by atoms with E-state index in [2.05, 4.69) is 4.65 Å². The molecule has 4 unspecified atom stereocenters. The van der Waals surface area contributed by atoms with E-state index in [9.17, 15) is 8.78 Å². The van der Waals surface area contributed by atoms with E-state index in [1.807, 2.05) is 0 Å². The van der Waals surface area contributed by atoms with Gasteiger partial charge in [-0.1, -0.05) is 38.5 Å². The highest BCUT2D eigenvalue weighted by Gasteiger charge is 2.44. The summed E-state index contributed by atoms with van der Waals surface area (Å²) in [5.41, 5.74) is 0. The molecule has 0 aromatic rings. The summed E-state index contributed by atoms with van der Waals surface area (Å²) < 4.78 is 33.5. The van der Waals surface area contributed by atoms with Gasteiger partial charge in [0.15, 0.2) is 6.17 Å². The molecule has 158 valence electrons. The molecule has 0 N–H and O–H groups in total. The van der Waals surface area contributed by atoms with Gasteiger partial charge in [0.25, 0.3) is 8.05 Å². The Kier molecular flexibility index (Phi) is 7.39. The molecular weight excluding hydrogens is 353 g/mol. The van der Waals surface area contributed by atoms with E-state index >= 15 is 0 Å². The Morgan fingerprint density at radius 3 is 1.75 bits per heavy atom. The fourth-order valence-electron chi connectivity index (χ4n) is 7.41. The van der Waals surface area contributed by atoms with Gasteiger partial charge in [0.05, 0.1) is 6.10 Å². The molecule has 0 aromatic heterocycles. The fourth-order valence-corrected chi connectivity index (χ4v) is 7.41. The molecule has 4 saturated carbocycles. The van der Waals surface area contributed by atoms with Gasteiger partial charge in [-0.25, -0.2) is 8.78 Å². The standard InChI is InChI=1S/C24H39BF2O/c25-28-22-14-13-21(23(26)24(22)27)20-11-9-19(10-12-20)18-7-5-17(6-8-18)15-16-3-1-2-4-16/h16-24H,1-15H2. The van der Waals surface area contributed by atoms with Crippen LogP contribution in [0.4, 0.5) is 8.78 Å². The first-order chi connectivity index (χ1) is 13.7. The summed E-state index contributed by atoms with van der Waals surface area (Å²) in [6.07, 6.45) is 15.4. The third-order valence-electron chi connectivity index (χ3n) is 9.15. The summed E-state index contributed by atoms with van der Waals surface area (Å²) in [6.45, 7) is 0. The van der Waals surface area contributed by atoms with Gasteiger partial charge < -0.3 is 4.65 Å². The molecule has 28 heavy (non-hydrogen) atoms. The average Bonchev–Trinajstić information content (AvgIpc) is 3.24. The molecule has 0 spiro atoms. The molecule has 4 heteroatoms. The highest BCUT2D eigenvalue weighted by atomic mass is 19.2. The van der Waals surface area contributed by atoms with Gasteiger partial charge in [-0.2, -0.15) is 0 Å². The van der Waals surface area contributed by atoms with Gasteiger partial charge in [0.2, 0.25) is 0 Å². The summed E-state index contributed by atoms with van der Waals surface area (Å²) >= 11 is 0. The monoisotopic (exact) mass is 392 g/mol. The minimum Gasteiger partial charge on any atom is -0.442 e. The van der Waals surface area contributed by atoms with E-state index < -0.39 is 18.4 Å². The molecule has 4 atom stereocenters. The molecule has 1 nitrogen and oxygen atoms in total. The Morgan fingerprint density at radius 2 is 1.14 bits per heavy atom. The molecule has 0 amide bonds. The summed E-state index contributed by atoms with van der Waals surface area (Å²) in [4.78, 5) is 0. The first kappa shape index (κ1) is 21.1. The number of hydrogen-bond acceptors (Lipinski definition) is 1. The van der Waals surface area contributed by atoms with Crippen molar-refractivity contribution >= 4 is 8.05 Å². The molecule has 0 aromatic carbocycles. The Labute approximate surface area is 172 Å². The van der Waals surface area contributed by atoms with E-state index in [1.165, 1.54) is 70.6 Å². The number of rotatable bonds is 5. The highest BCUT2D eigenvalue weighted by molar-refractivity contribution is 5.98. The zero-order valence-electron chi connectivity index (χ0n) is 17.5. The second-order valence-corrected chi connectivity index (χ2v) is 10.6. The molecule has 4 aliphatic rings. The lowest BCUT2D eigenvalue weighted by Gasteiger charge is -2.43. The third-order valence-corrected chi connectivity index (χ3v) is 9.15. The lowest BCUT2D eigenvalue weighted by molar-refractivity contribution is -0.0439. The Morgan fingerprint density at radius 1 is 0.607 bits per heavy atom. The SMILES string of the molecule is [B]OC1CCC(C2CCC(C3CCC(CC4CCCC4)CC3)CC2)C(F)C1F. The van der Waals surface area contributed by atoms with Crippen molar-refractivity contribution in [3.63, 3.8) is 0 Å². The van der Waals surface area contributed by atoms with E-state index in [1.54, 1.807) is 0 Å². The quantitative estimate of drug-likeness (QED) is 0.471. The minimum atomic E-state index is -1.54. The molecular formula is C24H39BF2O. The molecule has 0 heterocycles. The lowest BCUT2D eigenvalue weighted by atomic mass is 9.64. The van der Waals surface area contributed by atoms with Crippen LogP contribution < -0.4 is 0 Å². The van der Waals surface area contributed by atoms with Crippen LogP contribution in [0.15, 0.2) is 0 Å². The number of hydrogen-bond donors (Lipinski definition) is 0. The topological polar surface area (TPSA) is 9.23 Å². The van der Waals surface area contributed by atoms with Crippen LogP contribution in [0.5, 0.6) is 0 Å². The van der Waals surface area contributed by atoms with E-state index in [4.69, 9.17) is 8.05 Å². The predicted molar refractivity (Wildman–Crippen MR) is 111 cm³/mol. The molecule has 2 radical (unpaired) electrons. The summed E-state index contributed by atoms with van der Waals surface area (Å²) in [5, 5.41) is 0. The summed E-state index contributed by atoms with van der Waals surface area (Å²) in [7, 11) is 5.13. The van der Waals surface area contributed by atoms with Crippen molar-refractivity contribution < 1.29 is 13.4 Å². The van der Waals surface area contributed by atoms with Crippen LogP contribution in [0, 0.1) is 35.5 Å². The highest BCUT2D eigenvalue weighted by Crippen LogP contribution is 2.47. The second kappa shape index (κ2) is 9.79. The van der Waals surface area contributed by atoms with Gasteiger partial charge in [0, 0.05) is 0 Å². The first-order valence-corrected chi connectivity index (χ1v) is 12.3. The summed E-state index contributed by atoms with van der Waals surface area (Å²) in [6, 6.07) is 0. The zero-order chi connectivity index (χ0) is 19.5. The van der Waals surface area contributed by atoms with Crippen LogP contribution in [0.1, 0.15) is 96.3 Å². The molecule has 0 bridgehead atoms. The number of alkyl halides is 2. The Balaban J connectivity index is 1.19. The molecule has 4 aliphatic carbocycles. The van der Waals surface area contributed by atoms with Gasteiger partial charge in [-0.3, -0.25) is 0 Å². The predicted octanol–water partition coefficient (Wildman–Crippen LogP) is 6.73. The molecule has 0 saturated heterocycles. The van der Waals surface area contributed by atoms with Gasteiger partial charge in [-0.15, -0.1) is 0 Å².